The molecule has 0 bridgehead atoms. The molecule has 9 nitrogen and oxygen atoms in total. The van der Waals surface area contributed by atoms with Crippen LogP contribution in [0.25, 0.3) is 11.2 Å². The minimum Gasteiger partial charge on any atom is -0.497 e. The van der Waals surface area contributed by atoms with Gasteiger partial charge in [0.15, 0.2) is 11.5 Å². The molecule has 1 fully saturated rings. The minimum atomic E-state index is -0.0733. The zero-order valence-electron chi connectivity index (χ0n) is 17.6. The summed E-state index contributed by atoms with van der Waals surface area (Å²) in [7, 11) is 1.61. The van der Waals surface area contributed by atoms with Crippen molar-refractivity contribution in [2.45, 2.75) is 31.5 Å². The van der Waals surface area contributed by atoms with E-state index in [9.17, 15) is 4.79 Å². The topological polar surface area (TPSA) is 107 Å². The van der Waals surface area contributed by atoms with Gasteiger partial charge in [0, 0.05) is 36.6 Å². The van der Waals surface area contributed by atoms with Crippen LogP contribution in [0.5, 0.6) is 5.75 Å². The Bertz CT molecular complexity index is 1220. The summed E-state index contributed by atoms with van der Waals surface area (Å²) in [5.74, 6) is 1.35. The zero-order valence-corrected chi connectivity index (χ0v) is 17.6. The van der Waals surface area contributed by atoms with E-state index < -0.39 is 0 Å². The minimum absolute atomic E-state index is 0.0733. The number of hydrogen-bond acceptors (Lipinski definition) is 7. The number of carbonyl (C=O) groups excluding carboxylic acids is 1. The Morgan fingerprint density at radius 1 is 1.16 bits per heavy atom. The number of fused-ring (bicyclic) bond motifs is 1. The number of carbonyl (C=O) groups is 1. The molecular weight excluding hydrogens is 406 g/mol. The molecule has 5 rings (SSSR count). The lowest BCUT2D eigenvalue weighted by molar-refractivity contribution is 0.0894. The van der Waals surface area contributed by atoms with Crippen LogP contribution in [0.15, 0.2) is 61.4 Å². The fourth-order valence-corrected chi connectivity index (χ4v) is 3.88. The fourth-order valence-electron chi connectivity index (χ4n) is 3.88. The molecule has 3 heterocycles. The quantitative estimate of drug-likeness (QED) is 0.465. The van der Waals surface area contributed by atoms with Crippen molar-refractivity contribution in [3.05, 3.63) is 72.6 Å². The number of amides is 1. The predicted octanol–water partition coefficient (Wildman–Crippen LogP) is 2.98. The molecule has 162 valence electrons. The fraction of sp³-hybridized carbons (Fsp3) is 0.261. The third kappa shape index (κ3) is 3.96. The number of methoxy groups -OCH3 is 1. The van der Waals surface area contributed by atoms with Crippen LogP contribution in [0, 0.1) is 0 Å². The van der Waals surface area contributed by atoms with E-state index in [0.717, 1.165) is 35.3 Å². The van der Waals surface area contributed by atoms with Crippen LogP contribution in [-0.2, 0) is 6.54 Å². The van der Waals surface area contributed by atoms with Crippen LogP contribution in [0.1, 0.15) is 34.8 Å². The van der Waals surface area contributed by atoms with E-state index in [1.165, 1.54) is 0 Å². The van der Waals surface area contributed by atoms with Gasteiger partial charge in [-0.15, -0.1) is 0 Å². The summed E-state index contributed by atoms with van der Waals surface area (Å²) in [6.45, 7) is 0.607. The number of rotatable bonds is 7. The summed E-state index contributed by atoms with van der Waals surface area (Å²) in [5, 5.41) is 6.42. The number of hydrogen-bond donors (Lipinski definition) is 2. The van der Waals surface area contributed by atoms with Crippen molar-refractivity contribution in [3.63, 3.8) is 0 Å². The number of anilines is 1. The van der Waals surface area contributed by atoms with Crippen molar-refractivity contribution in [1.29, 1.82) is 0 Å². The highest BCUT2D eigenvalue weighted by molar-refractivity contribution is 5.94. The van der Waals surface area contributed by atoms with Gasteiger partial charge >= 0.3 is 0 Å². The number of ether oxygens (including phenoxy) is 1. The molecule has 1 saturated carbocycles. The molecule has 2 N–H and O–H groups in total. The van der Waals surface area contributed by atoms with Crippen molar-refractivity contribution in [1.82, 2.24) is 29.8 Å². The van der Waals surface area contributed by atoms with Crippen LogP contribution >= 0.6 is 0 Å². The lowest BCUT2D eigenvalue weighted by atomic mass is 9.86. The van der Waals surface area contributed by atoms with E-state index in [1.807, 2.05) is 18.3 Å². The first-order chi connectivity index (χ1) is 15.7. The molecule has 32 heavy (non-hydrogen) atoms. The molecule has 0 aliphatic heterocycles. The van der Waals surface area contributed by atoms with Gasteiger partial charge in [-0.1, -0.05) is 6.07 Å². The maximum Gasteiger partial charge on any atom is 0.251 e. The number of benzene rings is 1. The maximum absolute atomic E-state index is 12.5. The second-order valence-electron chi connectivity index (χ2n) is 7.79. The van der Waals surface area contributed by atoms with Gasteiger partial charge in [0.05, 0.1) is 13.4 Å². The second-order valence-corrected chi connectivity index (χ2v) is 7.79. The van der Waals surface area contributed by atoms with Gasteiger partial charge in [-0.3, -0.25) is 9.78 Å². The molecule has 1 aliphatic carbocycles. The highest BCUT2D eigenvalue weighted by Gasteiger charge is 2.33. The highest BCUT2D eigenvalue weighted by atomic mass is 16.5. The molecule has 0 radical (unpaired) electrons. The largest absolute Gasteiger partial charge is 0.497 e. The first kappa shape index (κ1) is 19.9. The number of pyridine rings is 1. The van der Waals surface area contributed by atoms with Crippen molar-refractivity contribution < 1.29 is 9.53 Å². The number of nitrogens with zero attached hydrogens (tertiary/aromatic N) is 5. The van der Waals surface area contributed by atoms with Crippen molar-refractivity contribution in [2.75, 3.05) is 12.4 Å². The SMILES string of the molecule is COc1ccc(C(=O)NC2CC(n3cnc4c(NCc5cccnc5)ncnc43)C2)cc1. The van der Waals surface area contributed by atoms with Crippen LogP contribution in [0.2, 0.25) is 0 Å². The Hall–Kier alpha value is -4.01. The molecule has 1 amide bonds. The Morgan fingerprint density at radius 3 is 2.75 bits per heavy atom. The van der Waals surface area contributed by atoms with Gasteiger partial charge < -0.3 is 19.9 Å². The van der Waals surface area contributed by atoms with Crippen LogP contribution < -0.4 is 15.4 Å². The van der Waals surface area contributed by atoms with Crippen molar-refractivity contribution >= 4 is 22.9 Å². The number of nitrogens with one attached hydrogen (secondary N) is 2. The van der Waals surface area contributed by atoms with Crippen LogP contribution in [-0.4, -0.2) is 43.6 Å². The number of imidazole rings is 1. The molecule has 1 aromatic carbocycles. The summed E-state index contributed by atoms with van der Waals surface area (Å²) in [4.78, 5) is 30.0. The van der Waals surface area contributed by atoms with E-state index >= 15 is 0 Å². The van der Waals surface area contributed by atoms with E-state index in [2.05, 4.69) is 35.1 Å². The molecule has 1 aliphatic rings. The standard InChI is InChI=1S/C23H23N7O2/c1-32-19-6-4-16(5-7-19)23(31)29-17-9-18(10-17)30-14-28-20-21(26-13-27-22(20)30)25-12-15-3-2-8-24-11-15/h2-8,11,13-14,17-18H,9-10,12H2,1H3,(H,29,31)(H,25,26,27). The molecular formula is C23H23N7O2. The highest BCUT2D eigenvalue weighted by Crippen LogP contribution is 2.35. The van der Waals surface area contributed by atoms with E-state index in [0.29, 0.717) is 17.9 Å². The summed E-state index contributed by atoms with van der Waals surface area (Å²) in [6.07, 6.45) is 8.58. The van der Waals surface area contributed by atoms with Crippen LogP contribution in [0.4, 0.5) is 5.82 Å². The Morgan fingerprint density at radius 2 is 2.00 bits per heavy atom. The van der Waals surface area contributed by atoms with Crippen molar-refractivity contribution in [2.24, 2.45) is 0 Å². The first-order valence-corrected chi connectivity index (χ1v) is 10.5. The van der Waals surface area contributed by atoms with Gasteiger partial charge in [-0.2, -0.15) is 0 Å². The molecule has 0 saturated heterocycles. The van der Waals surface area contributed by atoms with Gasteiger partial charge in [0.25, 0.3) is 5.91 Å². The first-order valence-electron chi connectivity index (χ1n) is 10.5. The predicted molar refractivity (Wildman–Crippen MR) is 119 cm³/mol. The second kappa shape index (κ2) is 8.62. The van der Waals surface area contributed by atoms with E-state index in [1.54, 1.807) is 50.2 Å². The third-order valence-electron chi connectivity index (χ3n) is 5.74. The summed E-state index contributed by atoms with van der Waals surface area (Å²) < 4.78 is 7.21. The third-order valence-corrected chi connectivity index (χ3v) is 5.74. The van der Waals surface area contributed by atoms with E-state index in [4.69, 9.17) is 4.74 Å². The van der Waals surface area contributed by atoms with Gasteiger partial charge in [0.2, 0.25) is 0 Å². The molecule has 3 aromatic heterocycles. The Kier molecular flexibility index (Phi) is 5.37. The zero-order chi connectivity index (χ0) is 21.9. The van der Waals surface area contributed by atoms with Gasteiger partial charge in [-0.25, -0.2) is 15.0 Å². The van der Waals surface area contributed by atoms with E-state index in [-0.39, 0.29) is 18.0 Å². The maximum atomic E-state index is 12.5. The van der Waals surface area contributed by atoms with Crippen LogP contribution in [0.3, 0.4) is 0 Å². The lowest BCUT2D eigenvalue weighted by Gasteiger charge is -2.36. The average molecular weight is 429 g/mol. The smallest absolute Gasteiger partial charge is 0.251 e. The summed E-state index contributed by atoms with van der Waals surface area (Å²) in [6, 6.07) is 11.4. The van der Waals surface area contributed by atoms with Gasteiger partial charge in [0.1, 0.15) is 17.6 Å². The monoisotopic (exact) mass is 429 g/mol. The summed E-state index contributed by atoms with van der Waals surface area (Å²) in [5.41, 5.74) is 3.22. The molecule has 9 heteroatoms. The summed E-state index contributed by atoms with van der Waals surface area (Å²) >= 11 is 0. The Balaban J connectivity index is 1.22. The van der Waals surface area contributed by atoms with Gasteiger partial charge in [-0.05, 0) is 48.7 Å². The lowest BCUT2D eigenvalue weighted by Crippen LogP contribution is -2.44. The average Bonchev–Trinajstić information content (AvgIpc) is 3.24. The molecule has 4 aromatic rings. The molecule has 0 unspecified atom stereocenters. The number of aromatic nitrogens is 5. The molecule has 0 spiro atoms. The molecule has 0 atom stereocenters. The normalized spacial score (nSPS) is 17.5. The van der Waals surface area contributed by atoms with Crippen molar-refractivity contribution in [3.8, 4) is 5.75 Å². The Labute approximate surface area is 184 Å².